The van der Waals surface area contributed by atoms with Gasteiger partial charge < -0.3 is 26.4 Å². The number of hydrogen-bond acceptors (Lipinski definition) is 9. The largest absolute Gasteiger partial charge is 0.391 e. The molecule has 0 bridgehead atoms. The number of halogens is 1. The van der Waals surface area contributed by atoms with Crippen molar-refractivity contribution in [1.82, 2.24) is 30.7 Å². The molecule has 1 aliphatic rings. The fraction of sp³-hybridized carbons (Fsp3) is 0.351. The molecule has 0 unspecified atom stereocenters. The number of nitrogens with zero attached hydrogens (tertiary/aromatic N) is 4. The highest BCUT2D eigenvalue weighted by atomic mass is 35.5. The predicted octanol–water partition coefficient (Wildman–Crippen LogP) is 4.92. The summed E-state index contributed by atoms with van der Waals surface area (Å²) in [6, 6.07) is 14.6. The van der Waals surface area contributed by atoms with Gasteiger partial charge in [-0.05, 0) is 54.2 Å². The van der Waals surface area contributed by atoms with Crippen molar-refractivity contribution in [3.05, 3.63) is 82.1 Å². The van der Waals surface area contributed by atoms with Crippen molar-refractivity contribution >= 4 is 46.5 Å². The van der Waals surface area contributed by atoms with Crippen molar-refractivity contribution in [2.24, 2.45) is 5.41 Å². The van der Waals surface area contributed by atoms with Gasteiger partial charge in [-0.15, -0.1) is 21.5 Å². The van der Waals surface area contributed by atoms with Crippen molar-refractivity contribution in [3.63, 3.8) is 0 Å². The minimum atomic E-state index is -0.955. The number of aryl methyl sites for hydroxylation is 1. The van der Waals surface area contributed by atoms with Crippen molar-refractivity contribution in [2.75, 3.05) is 12.3 Å². The van der Waals surface area contributed by atoms with Gasteiger partial charge >= 0.3 is 0 Å². The van der Waals surface area contributed by atoms with Gasteiger partial charge in [0.15, 0.2) is 11.0 Å². The predicted molar refractivity (Wildman–Crippen MR) is 195 cm³/mol. The quantitative estimate of drug-likeness (QED) is 0.187. The third-order valence-corrected chi connectivity index (χ3v) is 9.69. The third-order valence-electron chi connectivity index (χ3n) is 8.53. The Kier molecular flexibility index (Phi) is 11.2. The molecule has 5 rings (SSSR count). The second-order valence-electron chi connectivity index (χ2n) is 13.4. The van der Waals surface area contributed by atoms with Crippen LogP contribution < -0.4 is 16.4 Å². The highest BCUT2D eigenvalue weighted by molar-refractivity contribution is 7.13. The Morgan fingerprint density at radius 2 is 1.76 bits per heavy atom. The van der Waals surface area contributed by atoms with Gasteiger partial charge in [-0.3, -0.25) is 14.4 Å². The average molecular weight is 714 g/mol. The van der Waals surface area contributed by atoms with Crippen LogP contribution in [0.25, 0.3) is 21.6 Å². The molecule has 0 saturated carbocycles. The first-order valence-corrected chi connectivity index (χ1v) is 17.4. The number of β-amino-alcohol motifs (C(OH)–C–C–N with tert-alkyl or cyclic N) is 1. The summed E-state index contributed by atoms with van der Waals surface area (Å²) in [5.74, 6) is 4.85. The lowest BCUT2D eigenvalue weighted by Crippen LogP contribution is -2.57. The molecule has 4 aromatic rings. The van der Waals surface area contributed by atoms with E-state index in [1.54, 1.807) is 29.5 Å². The fourth-order valence-corrected chi connectivity index (χ4v) is 6.75. The fourth-order valence-electron chi connectivity index (χ4n) is 5.80. The number of nitrogens with one attached hydrogen (secondary N) is 2. The molecule has 0 aliphatic carbocycles. The summed E-state index contributed by atoms with van der Waals surface area (Å²) in [5.41, 5.74) is 12.1. The number of nitrogens with two attached hydrogens (primary N) is 1. The Morgan fingerprint density at radius 3 is 2.40 bits per heavy atom. The van der Waals surface area contributed by atoms with E-state index >= 15 is 0 Å². The second kappa shape index (κ2) is 15.4. The first kappa shape index (κ1) is 36.5. The lowest BCUT2D eigenvalue weighted by atomic mass is 9.85. The SMILES string of the molecule is Cc1ncsc1-c1ccc([C@H](C)NC(=O)[C@@H]2C[C@@H](O)CN2C(=O)[C@@H](NC(=O)CC#Cc2ccc(-c3cc(Cl)nnc3N)cc2)C(C)(C)C)cc1. The van der Waals surface area contributed by atoms with Crippen molar-refractivity contribution in [2.45, 2.75) is 71.7 Å². The van der Waals surface area contributed by atoms with E-state index < -0.39 is 35.4 Å². The molecule has 13 heteroatoms. The molecule has 4 atom stereocenters. The van der Waals surface area contributed by atoms with Gasteiger partial charge in [0.1, 0.15) is 12.1 Å². The molecule has 11 nitrogen and oxygen atoms in total. The van der Waals surface area contributed by atoms with Gasteiger partial charge in [-0.1, -0.05) is 80.6 Å². The molecule has 5 N–H and O–H groups in total. The van der Waals surface area contributed by atoms with Crippen LogP contribution in [0.4, 0.5) is 5.82 Å². The smallest absolute Gasteiger partial charge is 0.246 e. The Bertz CT molecular complexity index is 1930. The number of carbonyl (C=O) groups is 3. The van der Waals surface area contributed by atoms with E-state index in [1.807, 2.05) is 76.5 Å². The number of carbonyl (C=O) groups excluding carboxylic acids is 3. The van der Waals surface area contributed by atoms with Crippen LogP contribution in [-0.4, -0.2) is 67.6 Å². The Hall–Kier alpha value is -4.83. The highest BCUT2D eigenvalue weighted by Gasteiger charge is 2.44. The molecule has 260 valence electrons. The molecule has 3 amide bonds. The molecule has 3 heterocycles. The van der Waals surface area contributed by atoms with Crippen molar-refractivity contribution in [3.8, 4) is 33.4 Å². The normalized spacial score (nSPS) is 17.0. The van der Waals surface area contributed by atoms with Gasteiger partial charge in [-0.2, -0.15) is 0 Å². The van der Waals surface area contributed by atoms with Crippen LogP contribution in [0, 0.1) is 24.2 Å². The summed E-state index contributed by atoms with van der Waals surface area (Å²) in [5, 5.41) is 24.2. The summed E-state index contributed by atoms with van der Waals surface area (Å²) in [7, 11) is 0. The molecule has 1 fully saturated rings. The molecule has 2 aromatic heterocycles. The molecule has 50 heavy (non-hydrogen) atoms. The van der Waals surface area contributed by atoms with Gasteiger partial charge in [0.05, 0.1) is 34.6 Å². The maximum Gasteiger partial charge on any atom is 0.246 e. The van der Waals surface area contributed by atoms with E-state index in [0.29, 0.717) is 11.1 Å². The van der Waals surface area contributed by atoms with Crippen molar-refractivity contribution < 1.29 is 19.5 Å². The molecular weight excluding hydrogens is 674 g/mol. The van der Waals surface area contributed by atoms with Crippen molar-refractivity contribution in [1.29, 1.82) is 0 Å². The van der Waals surface area contributed by atoms with Gasteiger partial charge in [0.2, 0.25) is 17.7 Å². The standard InChI is InChI=1S/C37H40ClN7O4S/c1-21(24-13-15-26(16-14-24)32-22(2)40-20-50-32)41-35(48)29-17-27(46)19-45(29)36(49)33(37(3,4)5)42-31(47)8-6-7-23-9-11-25(12-10-23)28-18-30(38)43-44-34(28)39/h9-16,18,20-21,27,29,33,46H,8,17,19H2,1-5H3,(H2,39,44)(H,41,48)(H,42,47)/t21-,27+,29-,33+/m0/s1. The Labute approximate surface area is 300 Å². The zero-order chi connectivity index (χ0) is 36.2. The third kappa shape index (κ3) is 8.66. The van der Waals surface area contributed by atoms with Crippen LogP contribution in [0.15, 0.2) is 60.1 Å². The summed E-state index contributed by atoms with van der Waals surface area (Å²) in [6.45, 7) is 9.34. The number of rotatable bonds is 8. The van der Waals surface area contributed by atoms with E-state index in [-0.39, 0.29) is 42.3 Å². The monoisotopic (exact) mass is 713 g/mol. The minimum Gasteiger partial charge on any atom is -0.391 e. The van der Waals surface area contributed by atoms with Gasteiger partial charge in [0.25, 0.3) is 0 Å². The Balaban J connectivity index is 1.21. The number of amides is 3. The number of nitrogen functional groups attached to an aromatic ring is 1. The maximum atomic E-state index is 14.0. The minimum absolute atomic E-state index is 0.0140. The van der Waals surface area contributed by atoms with Crippen LogP contribution in [-0.2, 0) is 14.4 Å². The topological polar surface area (TPSA) is 163 Å². The maximum absolute atomic E-state index is 14.0. The lowest BCUT2D eigenvalue weighted by Gasteiger charge is -2.35. The number of benzene rings is 2. The van der Waals surface area contributed by atoms with E-state index in [0.717, 1.165) is 27.3 Å². The first-order chi connectivity index (χ1) is 23.7. The number of likely N-dealkylation sites (tertiary alicyclic amines) is 1. The second-order valence-corrected chi connectivity index (χ2v) is 14.6. The summed E-state index contributed by atoms with van der Waals surface area (Å²) in [4.78, 5) is 47.4. The molecular formula is C37H40ClN7O4S. The average Bonchev–Trinajstić information content (AvgIpc) is 3.69. The van der Waals surface area contributed by atoms with Crippen LogP contribution in [0.2, 0.25) is 5.15 Å². The number of aliphatic hydroxyl groups is 1. The molecule has 1 saturated heterocycles. The van der Waals surface area contributed by atoms with Gasteiger partial charge in [0, 0.05) is 24.1 Å². The van der Waals surface area contributed by atoms with Gasteiger partial charge in [-0.25, -0.2) is 4.98 Å². The van der Waals surface area contributed by atoms with E-state index in [1.165, 1.54) is 4.90 Å². The van der Waals surface area contributed by atoms with Crippen LogP contribution in [0.5, 0.6) is 0 Å². The molecule has 0 radical (unpaired) electrons. The summed E-state index contributed by atoms with van der Waals surface area (Å²) >= 11 is 7.53. The zero-order valence-corrected chi connectivity index (χ0v) is 30.1. The summed E-state index contributed by atoms with van der Waals surface area (Å²) in [6.07, 6.45) is -0.923. The van der Waals surface area contributed by atoms with E-state index in [2.05, 4.69) is 37.7 Å². The number of aliphatic hydroxyl groups excluding tert-OH is 1. The van der Waals surface area contributed by atoms with Crippen LogP contribution in [0.3, 0.4) is 0 Å². The van der Waals surface area contributed by atoms with E-state index in [9.17, 15) is 19.5 Å². The van der Waals surface area contributed by atoms with E-state index in [4.69, 9.17) is 17.3 Å². The summed E-state index contributed by atoms with van der Waals surface area (Å²) < 4.78 is 0. The number of anilines is 1. The number of aromatic nitrogens is 3. The van der Waals surface area contributed by atoms with Crippen LogP contribution >= 0.6 is 22.9 Å². The molecule has 0 spiro atoms. The highest BCUT2D eigenvalue weighted by Crippen LogP contribution is 2.30. The lowest BCUT2D eigenvalue weighted by molar-refractivity contribution is -0.144. The molecule has 2 aromatic carbocycles. The Morgan fingerprint density at radius 1 is 1.08 bits per heavy atom. The van der Waals surface area contributed by atoms with Crippen LogP contribution in [0.1, 0.15) is 63.4 Å². The number of thiazole rings is 1. The molecule has 1 aliphatic heterocycles. The number of hydrogen-bond donors (Lipinski definition) is 4. The first-order valence-electron chi connectivity index (χ1n) is 16.2. The zero-order valence-electron chi connectivity index (χ0n) is 28.5.